The minimum absolute atomic E-state index is 0.0946. The average Bonchev–Trinajstić information content (AvgIpc) is 2.40. The van der Waals surface area contributed by atoms with Crippen molar-refractivity contribution in [1.29, 1.82) is 0 Å². The summed E-state index contributed by atoms with van der Waals surface area (Å²) in [6.07, 6.45) is 0.0946. The van der Waals surface area contributed by atoms with E-state index in [1.807, 2.05) is 5.32 Å². The van der Waals surface area contributed by atoms with E-state index in [1.165, 1.54) is 4.68 Å². The van der Waals surface area contributed by atoms with E-state index in [0.29, 0.717) is 16.0 Å². The highest BCUT2D eigenvalue weighted by atomic mass is 79.9. The summed E-state index contributed by atoms with van der Waals surface area (Å²) in [4.78, 5) is 25.3. The molecule has 9 heteroatoms. The zero-order valence-electron chi connectivity index (χ0n) is 7.41. The van der Waals surface area contributed by atoms with Gasteiger partial charge in [0.1, 0.15) is 0 Å². The van der Waals surface area contributed by atoms with Crippen LogP contribution in [0.5, 0.6) is 0 Å². The molecular formula is C6H7Br2N5O2. The van der Waals surface area contributed by atoms with Crippen LogP contribution in [0.25, 0.3) is 0 Å². The summed E-state index contributed by atoms with van der Waals surface area (Å²) < 4.78 is 2.40. The van der Waals surface area contributed by atoms with Crippen LogP contribution in [0.2, 0.25) is 0 Å². The van der Waals surface area contributed by atoms with Gasteiger partial charge in [-0.1, -0.05) is 0 Å². The average molecular weight is 341 g/mol. The number of carbonyl (C=O) groups is 2. The van der Waals surface area contributed by atoms with Crippen molar-refractivity contribution in [2.75, 3.05) is 0 Å². The van der Waals surface area contributed by atoms with Crippen LogP contribution in [-0.4, -0.2) is 26.7 Å². The number of halogens is 2. The standard InChI is InChI=1S/C6H7Br2N5O2/c7-4-11-5(8)13(12-4)2-1-3(14)10-6(9)15/h1-2H2,(H3,9,10,14,15). The topological polar surface area (TPSA) is 103 Å². The molecule has 1 heterocycles. The molecule has 7 nitrogen and oxygen atoms in total. The van der Waals surface area contributed by atoms with Gasteiger partial charge in [-0.2, -0.15) is 4.98 Å². The maximum atomic E-state index is 11.0. The maximum absolute atomic E-state index is 11.0. The number of rotatable bonds is 3. The van der Waals surface area contributed by atoms with Gasteiger partial charge < -0.3 is 5.73 Å². The number of hydrogen-bond acceptors (Lipinski definition) is 4. The zero-order chi connectivity index (χ0) is 11.4. The lowest BCUT2D eigenvalue weighted by Gasteiger charge is -2.01. The van der Waals surface area contributed by atoms with E-state index < -0.39 is 11.9 Å². The lowest BCUT2D eigenvalue weighted by molar-refractivity contribution is -0.120. The molecular weight excluding hydrogens is 334 g/mol. The number of amides is 3. The molecule has 0 spiro atoms. The lowest BCUT2D eigenvalue weighted by Crippen LogP contribution is -2.35. The van der Waals surface area contributed by atoms with Crippen LogP contribution >= 0.6 is 31.9 Å². The van der Waals surface area contributed by atoms with E-state index in [-0.39, 0.29) is 6.42 Å². The maximum Gasteiger partial charge on any atom is 0.318 e. The number of nitrogens with one attached hydrogen (secondary N) is 1. The summed E-state index contributed by atoms with van der Waals surface area (Å²) in [6.45, 7) is 0.304. The van der Waals surface area contributed by atoms with Gasteiger partial charge in [0.25, 0.3) is 0 Å². The number of urea groups is 1. The molecule has 3 amide bonds. The highest BCUT2D eigenvalue weighted by Crippen LogP contribution is 2.11. The fourth-order valence-electron chi connectivity index (χ4n) is 0.847. The lowest BCUT2D eigenvalue weighted by atomic mass is 10.4. The first-order valence-electron chi connectivity index (χ1n) is 3.84. The van der Waals surface area contributed by atoms with E-state index in [0.717, 1.165) is 0 Å². The smallest absolute Gasteiger partial charge is 0.318 e. The molecule has 0 atom stereocenters. The number of primary amides is 1. The quantitative estimate of drug-likeness (QED) is 0.830. The second-order valence-corrected chi connectivity index (χ2v) is 3.95. The molecule has 0 fully saturated rings. The Bertz CT molecular complexity index is 391. The molecule has 0 aliphatic carbocycles. The van der Waals surface area contributed by atoms with Crippen molar-refractivity contribution < 1.29 is 9.59 Å². The summed E-state index contributed by atoms with van der Waals surface area (Å²) in [7, 11) is 0. The summed E-state index contributed by atoms with van der Waals surface area (Å²) >= 11 is 6.24. The molecule has 3 N–H and O–H groups in total. The van der Waals surface area contributed by atoms with Crippen molar-refractivity contribution in [3.05, 3.63) is 9.47 Å². The Kier molecular flexibility index (Phi) is 4.21. The Labute approximate surface area is 102 Å². The van der Waals surface area contributed by atoms with Gasteiger partial charge in [0, 0.05) is 6.42 Å². The molecule has 0 radical (unpaired) electrons. The third kappa shape index (κ3) is 3.96. The molecule has 0 saturated heterocycles. The van der Waals surface area contributed by atoms with E-state index in [2.05, 4.69) is 41.9 Å². The number of aromatic nitrogens is 3. The third-order valence-corrected chi connectivity index (χ3v) is 2.34. The van der Waals surface area contributed by atoms with Crippen LogP contribution in [0, 0.1) is 0 Å². The number of carbonyl (C=O) groups excluding carboxylic acids is 2. The first-order valence-corrected chi connectivity index (χ1v) is 5.43. The van der Waals surface area contributed by atoms with E-state index in [1.54, 1.807) is 0 Å². The van der Waals surface area contributed by atoms with Crippen LogP contribution in [0.4, 0.5) is 4.79 Å². The molecule has 0 saturated carbocycles. The van der Waals surface area contributed by atoms with Crippen molar-refractivity contribution >= 4 is 43.8 Å². The number of nitrogens with two attached hydrogens (primary N) is 1. The number of aryl methyl sites for hydroxylation is 1. The molecule has 1 aromatic heterocycles. The van der Waals surface area contributed by atoms with Gasteiger partial charge in [-0.3, -0.25) is 10.1 Å². The van der Waals surface area contributed by atoms with Gasteiger partial charge in [-0.25, -0.2) is 9.48 Å². The van der Waals surface area contributed by atoms with Crippen LogP contribution in [0.3, 0.4) is 0 Å². The van der Waals surface area contributed by atoms with E-state index in [4.69, 9.17) is 5.73 Å². The first kappa shape index (κ1) is 12.1. The van der Waals surface area contributed by atoms with Crippen LogP contribution in [0.15, 0.2) is 9.47 Å². The third-order valence-electron chi connectivity index (χ3n) is 1.41. The van der Waals surface area contributed by atoms with Crippen molar-refractivity contribution in [2.24, 2.45) is 5.73 Å². The molecule has 1 rings (SSSR count). The Morgan fingerprint density at radius 1 is 1.47 bits per heavy atom. The highest BCUT2D eigenvalue weighted by molar-refractivity contribution is 9.11. The molecule has 82 valence electrons. The Morgan fingerprint density at radius 2 is 2.13 bits per heavy atom. The highest BCUT2D eigenvalue weighted by Gasteiger charge is 2.08. The summed E-state index contributed by atoms with van der Waals surface area (Å²) in [6, 6.07) is -0.862. The minimum Gasteiger partial charge on any atom is -0.351 e. The molecule has 0 aliphatic rings. The Balaban J connectivity index is 2.47. The molecule has 15 heavy (non-hydrogen) atoms. The summed E-state index contributed by atoms with van der Waals surface area (Å²) in [5, 5.41) is 5.89. The number of nitrogens with zero attached hydrogens (tertiary/aromatic N) is 3. The molecule has 0 aromatic carbocycles. The monoisotopic (exact) mass is 339 g/mol. The van der Waals surface area contributed by atoms with Gasteiger partial charge in [0.15, 0.2) is 4.73 Å². The van der Waals surface area contributed by atoms with E-state index >= 15 is 0 Å². The molecule has 1 aromatic rings. The predicted molar refractivity (Wildman–Crippen MR) is 57.8 cm³/mol. The Hall–Kier alpha value is -0.960. The van der Waals surface area contributed by atoms with E-state index in [9.17, 15) is 9.59 Å². The normalized spacial score (nSPS) is 10.0. The van der Waals surface area contributed by atoms with Crippen LogP contribution in [-0.2, 0) is 11.3 Å². The minimum atomic E-state index is -0.862. The second kappa shape index (κ2) is 5.21. The molecule has 0 bridgehead atoms. The number of imide groups is 1. The van der Waals surface area contributed by atoms with Crippen molar-refractivity contribution in [3.63, 3.8) is 0 Å². The van der Waals surface area contributed by atoms with Crippen LogP contribution in [0.1, 0.15) is 6.42 Å². The fraction of sp³-hybridized carbons (Fsp3) is 0.333. The van der Waals surface area contributed by atoms with Gasteiger partial charge >= 0.3 is 6.03 Å². The van der Waals surface area contributed by atoms with Gasteiger partial charge in [0.2, 0.25) is 10.6 Å². The van der Waals surface area contributed by atoms with Crippen molar-refractivity contribution in [2.45, 2.75) is 13.0 Å². The molecule has 0 unspecified atom stereocenters. The summed E-state index contributed by atoms with van der Waals surface area (Å²) in [5.74, 6) is -0.457. The second-order valence-electron chi connectivity index (χ2n) is 2.54. The van der Waals surface area contributed by atoms with Gasteiger partial charge in [0.05, 0.1) is 6.54 Å². The first-order chi connectivity index (χ1) is 6.99. The largest absolute Gasteiger partial charge is 0.351 e. The van der Waals surface area contributed by atoms with Gasteiger partial charge in [-0.15, -0.1) is 5.10 Å². The Morgan fingerprint density at radius 3 is 2.60 bits per heavy atom. The van der Waals surface area contributed by atoms with Crippen molar-refractivity contribution in [3.8, 4) is 0 Å². The summed E-state index contributed by atoms with van der Waals surface area (Å²) in [5.41, 5.74) is 4.77. The van der Waals surface area contributed by atoms with Gasteiger partial charge in [-0.05, 0) is 31.9 Å². The van der Waals surface area contributed by atoms with Crippen molar-refractivity contribution in [1.82, 2.24) is 20.1 Å². The SMILES string of the molecule is NC(=O)NC(=O)CCn1nc(Br)nc1Br. The zero-order valence-corrected chi connectivity index (χ0v) is 10.6. The predicted octanol–water partition coefficient (Wildman–Crippen LogP) is 0.388. The molecule has 0 aliphatic heterocycles. The number of hydrogen-bond donors (Lipinski definition) is 2. The van der Waals surface area contributed by atoms with Crippen LogP contribution < -0.4 is 11.1 Å². The fourth-order valence-corrected chi connectivity index (χ4v) is 1.87.